The molecule has 1 aliphatic rings. The van der Waals surface area contributed by atoms with Crippen molar-refractivity contribution in [2.75, 3.05) is 39.5 Å². The minimum absolute atomic E-state index is 0.0111. The number of carbonyl (C=O) groups excluding carboxylic acids is 1. The highest BCUT2D eigenvalue weighted by atomic mass is 19.1. The second kappa shape index (κ2) is 5.75. The van der Waals surface area contributed by atoms with Gasteiger partial charge in [-0.05, 0) is 38.1 Å². The number of benzene rings is 1. The van der Waals surface area contributed by atoms with Crippen LogP contribution < -0.4 is 5.73 Å². The third kappa shape index (κ3) is 3.07. The highest BCUT2D eigenvalue weighted by Gasteiger charge is 2.24. The van der Waals surface area contributed by atoms with Crippen molar-refractivity contribution in [3.8, 4) is 0 Å². The molecule has 1 amide bonds. The molecule has 1 saturated heterocycles. The molecule has 1 heterocycles. The number of likely N-dealkylation sites (tertiary alicyclic amines) is 1. The third-order valence-electron chi connectivity index (χ3n) is 3.69. The molecule has 1 aromatic rings. The van der Waals surface area contributed by atoms with Crippen molar-refractivity contribution in [2.24, 2.45) is 5.92 Å². The van der Waals surface area contributed by atoms with Crippen LogP contribution in [0.1, 0.15) is 16.8 Å². The van der Waals surface area contributed by atoms with E-state index < -0.39 is 23.2 Å². The number of halogens is 2. The summed E-state index contributed by atoms with van der Waals surface area (Å²) < 4.78 is 26.8. The number of nitrogens with zero attached hydrogens (tertiary/aromatic N) is 2. The number of nitrogen functional groups attached to an aromatic ring is 1. The Morgan fingerprint density at radius 3 is 2.55 bits per heavy atom. The molecule has 2 rings (SSSR count). The minimum Gasteiger partial charge on any atom is -0.394 e. The Hall–Kier alpha value is -1.69. The number of hydrogen-bond acceptors (Lipinski definition) is 3. The zero-order valence-corrected chi connectivity index (χ0v) is 11.7. The van der Waals surface area contributed by atoms with Crippen LogP contribution in [0.5, 0.6) is 0 Å². The number of hydrogen-bond donors (Lipinski definition) is 1. The van der Waals surface area contributed by atoms with Crippen LogP contribution in [-0.2, 0) is 0 Å². The van der Waals surface area contributed by atoms with E-state index in [1.54, 1.807) is 7.05 Å². The first-order valence-electron chi connectivity index (χ1n) is 6.57. The van der Waals surface area contributed by atoms with Gasteiger partial charge in [0.15, 0.2) is 0 Å². The maximum atomic E-state index is 13.4. The Labute approximate surface area is 117 Å². The van der Waals surface area contributed by atoms with Gasteiger partial charge in [-0.3, -0.25) is 4.79 Å². The summed E-state index contributed by atoms with van der Waals surface area (Å²) in [5.41, 5.74) is 4.63. The van der Waals surface area contributed by atoms with Crippen molar-refractivity contribution in [3.05, 3.63) is 29.3 Å². The molecule has 0 aliphatic carbocycles. The molecular weight excluding hydrogens is 264 g/mol. The van der Waals surface area contributed by atoms with Crippen LogP contribution in [0.4, 0.5) is 14.5 Å². The Morgan fingerprint density at radius 1 is 1.45 bits per heavy atom. The number of carbonyl (C=O) groups is 1. The highest BCUT2D eigenvalue weighted by Crippen LogP contribution is 2.20. The average molecular weight is 283 g/mol. The lowest BCUT2D eigenvalue weighted by atomic mass is 10.1. The molecule has 20 heavy (non-hydrogen) atoms. The maximum absolute atomic E-state index is 13.4. The normalized spacial score (nSPS) is 19.3. The van der Waals surface area contributed by atoms with Gasteiger partial charge in [0.2, 0.25) is 0 Å². The summed E-state index contributed by atoms with van der Waals surface area (Å²) in [6.45, 7) is 2.52. The lowest BCUT2D eigenvalue weighted by Crippen LogP contribution is -2.33. The number of anilines is 1. The summed E-state index contributed by atoms with van der Waals surface area (Å²) >= 11 is 0. The van der Waals surface area contributed by atoms with Crippen molar-refractivity contribution in [1.82, 2.24) is 9.80 Å². The Balaban J connectivity index is 2.07. The van der Waals surface area contributed by atoms with E-state index in [4.69, 9.17) is 5.73 Å². The van der Waals surface area contributed by atoms with Gasteiger partial charge >= 0.3 is 0 Å². The van der Waals surface area contributed by atoms with Crippen molar-refractivity contribution < 1.29 is 13.6 Å². The number of amides is 1. The van der Waals surface area contributed by atoms with Gasteiger partial charge in [0, 0.05) is 25.7 Å². The molecular formula is C14H19F2N3O. The Bertz CT molecular complexity index is 498. The molecule has 1 fully saturated rings. The van der Waals surface area contributed by atoms with E-state index in [1.165, 1.54) is 4.90 Å². The molecule has 6 heteroatoms. The van der Waals surface area contributed by atoms with E-state index >= 15 is 0 Å². The first kappa shape index (κ1) is 14.7. The fraction of sp³-hybridized carbons (Fsp3) is 0.500. The lowest BCUT2D eigenvalue weighted by Gasteiger charge is -2.21. The summed E-state index contributed by atoms with van der Waals surface area (Å²) in [5, 5.41) is 0. The Morgan fingerprint density at radius 2 is 2.05 bits per heavy atom. The van der Waals surface area contributed by atoms with Gasteiger partial charge in [-0.1, -0.05) is 0 Å². The van der Waals surface area contributed by atoms with Crippen molar-refractivity contribution in [1.29, 1.82) is 0 Å². The summed E-state index contributed by atoms with van der Waals surface area (Å²) in [7, 11) is 3.68. The number of rotatable bonds is 3. The highest BCUT2D eigenvalue weighted by molar-refractivity contribution is 5.94. The first-order valence-corrected chi connectivity index (χ1v) is 6.57. The lowest BCUT2D eigenvalue weighted by molar-refractivity contribution is 0.0773. The molecule has 110 valence electrons. The Kier molecular flexibility index (Phi) is 4.23. The summed E-state index contributed by atoms with van der Waals surface area (Å²) in [5.74, 6) is -1.79. The number of nitrogens with two attached hydrogens (primary N) is 1. The van der Waals surface area contributed by atoms with Gasteiger partial charge in [0.25, 0.3) is 5.91 Å². The van der Waals surface area contributed by atoms with Gasteiger partial charge in [-0.25, -0.2) is 8.78 Å². The van der Waals surface area contributed by atoms with Crippen LogP contribution in [0.15, 0.2) is 12.1 Å². The minimum atomic E-state index is -0.901. The monoisotopic (exact) mass is 283 g/mol. The average Bonchev–Trinajstić information content (AvgIpc) is 2.79. The smallest absolute Gasteiger partial charge is 0.253 e. The van der Waals surface area contributed by atoms with Gasteiger partial charge in [-0.15, -0.1) is 0 Å². The molecule has 1 unspecified atom stereocenters. The second-order valence-corrected chi connectivity index (χ2v) is 5.46. The van der Waals surface area contributed by atoms with Crippen molar-refractivity contribution in [3.63, 3.8) is 0 Å². The van der Waals surface area contributed by atoms with Crippen LogP contribution >= 0.6 is 0 Å². The fourth-order valence-electron chi connectivity index (χ4n) is 2.57. The van der Waals surface area contributed by atoms with E-state index in [0.717, 1.165) is 31.6 Å². The van der Waals surface area contributed by atoms with E-state index in [-0.39, 0.29) is 5.56 Å². The second-order valence-electron chi connectivity index (χ2n) is 5.46. The topological polar surface area (TPSA) is 49.6 Å². The molecule has 0 spiro atoms. The molecule has 1 atom stereocenters. The molecule has 1 aliphatic heterocycles. The molecule has 0 radical (unpaired) electrons. The predicted octanol–water partition coefficient (Wildman–Crippen LogP) is 1.57. The summed E-state index contributed by atoms with van der Waals surface area (Å²) in [6, 6.07) is 1.97. The molecule has 0 aromatic heterocycles. The zero-order valence-electron chi connectivity index (χ0n) is 11.7. The largest absolute Gasteiger partial charge is 0.394 e. The predicted molar refractivity (Wildman–Crippen MR) is 73.3 cm³/mol. The van der Waals surface area contributed by atoms with Gasteiger partial charge in [-0.2, -0.15) is 0 Å². The zero-order chi connectivity index (χ0) is 14.9. The van der Waals surface area contributed by atoms with E-state index in [9.17, 15) is 13.6 Å². The van der Waals surface area contributed by atoms with Crippen LogP contribution in [-0.4, -0.2) is 49.4 Å². The summed E-state index contributed by atoms with van der Waals surface area (Å²) in [4.78, 5) is 15.9. The van der Waals surface area contributed by atoms with Gasteiger partial charge in [0.05, 0.1) is 0 Å². The SMILES string of the molecule is CN1CCC(CN(C)C(=O)c2cc(F)c(N)c(F)c2)C1. The van der Waals surface area contributed by atoms with E-state index in [1.807, 2.05) is 7.05 Å². The van der Waals surface area contributed by atoms with Crippen molar-refractivity contribution in [2.45, 2.75) is 6.42 Å². The van der Waals surface area contributed by atoms with Crippen LogP contribution in [0.2, 0.25) is 0 Å². The first-order chi connectivity index (χ1) is 9.38. The van der Waals surface area contributed by atoms with Crippen LogP contribution in [0, 0.1) is 17.6 Å². The van der Waals surface area contributed by atoms with Gasteiger partial charge in [0.1, 0.15) is 17.3 Å². The standard InChI is InChI=1S/C14H19F2N3O/c1-18-4-3-9(7-18)8-19(2)14(20)10-5-11(15)13(17)12(16)6-10/h5-6,9H,3-4,7-8,17H2,1-2H3. The van der Waals surface area contributed by atoms with E-state index in [0.29, 0.717) is 12.5 Å². The third-order valence-corrected chi connectivity index (χ3v) is 3.69. The molecule has 2 N–H and O–H groups in total. The fourth-order valence-corrected chi connectivity index (χ4v) is 2.57. The van der Waals surface area contributed by atoms with Gasteiger partial charge < -0.3 is 15.5 Å². The van der Waals surface area contributed by atoms with Crippen molar-refractivity contribution >= 4 is 11.6 Å². The molecule has 0 saturated carbocycles. The molecule has 1 aromatic carbocycles. The molecule has 4 nitrogen and oxygen atoms in total. The summed E-state index contributed by atoms with van der Waals surface area (Å²) in [6.07, 6.45) is 1.03. The van der Waals surface area contributed by atoms with E-state index in [2.05, 4.69) is 4.90 Å². The maximum Gasteiger partial charge on any atom is 0.253 e. The quantitative estimate of drug-likeness (QED) is 0.857. The van der Waals surface area contributed by atoms with Crippen LogP contribution in [0.3, 0.4) is 0 Å². The molecule has 0 bridgehead atoms. The van der Waals surface area contributed by atoms with Crippen LogP contribution in [0.25, 0.3) is 0 Å².